The first-order valence-electron chi connectivity index (χ1n) is 5.81. The van der Waals surface area contributed by atoms with Crippen LogP contribution in [-0.2, 0) is 16.0 Å². The molecule has 19 heavy (non-hydrogen) atoms. The summed E-state index contributed by atoms with van der Waals surface area (Å²) >= 11 is 0. The van der Waals surface area contributed by atoms with Crippen molar-refractivity contribution < 1.29 is 12.3 Å². The van der Waals surface area contributed by atoms with Crippen molar-refractivity contribution in [1.82, 2.24) is 9.78 Å². The van der Waals surface area contributed by atoms with Gasteiger partial charge in [-0.25, -0.2) is 4.68 Å². The molecule has 0 aliphatic rings. The number of halogens is 1. The second kappa shape index (κ2) is 4.77. The predicted molar refractivity (Wildman–Crippen MR) is 71.5 cm³/mol. The van der Waals surface area contributed by atoms with Gasteiger partial charge in [-0.3, -0.25) is 0 Å². The average molecular weight is 282 g/mol. The Labute approximate surface area is 112 Å². The number of hydrogen-bond acceptors (Lipinski definition) is 3. The maximum atomic E-state index is 12.7. The highest BCUT2D eigenvalue weighted by Crippen LogP contribution is 2.17. The van der Waals surface area contributed by atoms with Crippen molar-refractivity contribution in [1.29, 1.82) is 0 Å². The van der Waals surface area contributed by atoms with E-state index in [4.69, 9.17) is 0 Å². The van der Waals surface area contributed by atoms with Gasteiger partial charge in [0.2, 0.25) is 0 Å². The van der Waals surface area contributed by atoms with Crippen LogP contribution < -0.4 is 0 Å². The summed E-state index contributed by atoms with van der Waals surface area (Å²) in [5, 5.41) is 4.23. The van der Waals surface area contributed by atoms with E-state index in [1.54, 1.807) is 17.8 Å². The van der Waals surface area contributed by atoms with E-state index in [1.807, 2.05) is 32.0 Å². The van der Waals surface area contributed by atoms with Gasteiger partial charge in [0, 0.05) is 11.8 Å². The Morgan fingerprint density at radius 2 is 1.74 bits per heavy atom. The van der Waals surface area contributed by atoms with Crippen molar-refractivity contribution in [3.8, 4) is 5.69 Å². The number of aromatic nitrogens is 2. The standard InChI is InChI=1S/C13H15FN2O2S/c1-9-4-10(2)6-13(5-9)16-7-12(11(3)15-16)8-19(14,17)18/h4-7H,8H2,1-3H3. The lowest BCUT2D eigenvalue weighted by atomic mass is 10.1. The van der Waals surface area contributed by atoms with Crippen LogP contribution in [0.1, 0.15) is 22.4 Å². The van der Waals surface area contributed by atoms with Crippen LogP contribution in [0.3, 0.4) is 0 Å². The lowest BCUT2D eigenvalue weighted by Gasteiger charge is -2.04. The lowest BCUT2D eigenvalue weighted by Crippen LogP contribution is -1.97. The van der Waals surface area contributed by atoms with E-state index in [9.17, 15) is 12.3 Å². The second-order valence-electron chi connectivity index (χ2n) is 4.71. The summed E-state index contributed by atoms with van der Waals surface area (Å²) in [5.74, 6) is -0.635. The molecule has 102 valence electrons. The molecule has 0 aliphatic carbocycles. The number of benzene rings is 1. The molecule has 0 saturated heterocycles. The Hall–Kier alpha value is -1.69. The zero-order valence-corrected chi connectivity index (χ0v) is 11.8. The van der Waals surface area contributed by atoms with Crippen molar-refractivity contribution in [2.24, 2.45) is 0 Å². The van der Waals surface area contributed by atoms with E-state index in [0.717, 1.165) is 16.8 Å². The zero-order chi connectivity index (χ0) is 14.2. The number of aryl methyl sites for hydroxylation is 3. The molecule has 1 aromatic heterocycles. The normalized spacial score (nSPS) is 11.8. The summed E-state index contributed by atoms with van der Waals surface area (Å²) in [5.41, 5.74) is 3.90. The molecule has 1 aromatic carbocycles. The van der Waals surface area contributed by atoms with Gasteiger partial charge in [-0.15, -0.1) is 3.89 Å². The van der Waals surface area contributed by atoms with Gasteiger partial charge in [0.05, 0.1) is 11.4 Å². The molecule has 2 aromatic rings. The molecule has 0 bridgehead atoms. The third kappa shape index (κ3) is 3.41. The summed E-state index contributed by atoms with van der Waals surface area (Å²) in [6, 6.07) is 5.91. The monoisotopic (exact) mass is 282 g/mol. The van der Waals surface area contributed by atoms with Crippen LogP contribution in [0.15, 0.2) is 24.4 Å². The summed E-state index contributed by atoms with van der Waals surface area (Å²) in [6.45, 7) is 5.61. The zero-order valence-electron chi connectivity index (χ0n) is 11.0. The summed E-state index contributed by atoms with van der Waals surface area (Å²) in [6.07, 6.45) is 1.56. The van der Waals surface area contributed by atoms with Crippen molar-refractivity contribution in [3.63, 3.8) is 0 Å². The largest absolute Gasteiger partial charge is 0.306 e. The number of rotatable bonds is 3. The predicted octanol–water partition coefficient (Wildman–Crippen LogP) is 2.60. The first kappa shape index (κ1) is 13.7. The lowest BCUT2D eigenvalue weighted by molar-refractivity contribution is 0.551. The Morgan fingerprint density at radius 3 is 2.26 bits per heavy atom. The van der Waals surface area contributed by atoms with Gasteiger partial charge in [0.1, 0.15) is 5.75 Å². The molecule has 0 saturated carbocycles. The summed E-state index contributed by atoms with van der Waals surface area (Å²) in [7, 11) is -4.54. The quantitative estimate of drug-likeness (QED) is 0.813. The second-order valence-corrected chi connectivity index (χ2v) is 6.08. The fraction of sp³-hybridized carbons (Fsp3) is 0.308. The summed E-state index contributed by atoms with van der Waals surface area (Å²) in [4.78, 5) is 0. The Bertz CT molecular complexity index is 700. The molecule has 2 rings (SSSR count). The Morgan fingerprint density at radius 1 is 1.16 bits per heavy atom. The minimum Gasteiger partial charge on any atom is -0.240 e. The Balaban J connectivity index is 2.44. The van der Waals surface area contributed by atoms with Crippen molar-refractivity contribution in [3.05, 3.63) is 46.8 Å². The highest BCUT2D eigenvalue weighted by molar-refractivity contribution is 7.85. The molecule has 1 heterocycles. The van der Waals surface area contributed by atoms with E-state index < -0.39 is 16.0 Å². The van der Waals surface area contributed by atoms with Crippen LogP contribution in [0.5, 0.6) is 0 Å². The number of hydrogen-bond donors (Lipinski definition) is 0. The molecule has 0 spiro atoms. The van der Waals surface area contributed by atoms with Gasteiger partial charge in [-0.2, -0.15) is 13.5 Å². The van der Waals surface area contributed by atoms with Gasteiger partial charge in [0.15, 0.2) is 0 Å². The minimum atomic E-state index is -4.54. The van der Waals surface area contributed by atoms with Gasteiger partial charge in [0.25, 0.3) is 0 Å². The van der Waals surface area contributed by atoms with Crippen LogP contribution in [0, 0.1) is 20.8 Å². The van der Waals surface area contributed by atoms with Crippen molar-refractivity contribution in [2.75, 3.05) is 0 Å². The first-order chi connectivity index (χ1) is 8.74. The van der Waals surface area contributed by atoms with Crippen molar-refractivity contribution >= 4 is 10.2 Å². The Kier molecular flexibility index (Phi) is 3.45. The van der Waals surface area contributed by atoms with E-state index in [0.29, 0.717) is 11.3 Å². The van der Waals surface area contributed by atoms with Crippen molar-refractivity contribution in [2.45, 2.75) is 26.5 Å². The van der Waals surface area contributed by atoms with Crippen LogP contribution in [0.25, 0.3) is 5.69 Å². The molecule has 0 fully saturated rings. The molecule has 4 nitrogen and oxygen atoms in total. The topological polar surface area (TPSA) is 52.0 Å². The van der Waals surface area contributed by atoms with Gasteiger partial charge < -0.3 is 0 Å². The van der Waals surface area contributed by atoms with E-state index >= 15 is 0 Å². The molecule has 0 radical (unpaired) electrons. The fourth-order valence-corrected chi connectivity index (χ4v) is 2.69. The first-order valence-corrected chi connectivity index (χ1v) is 7.36. The van der Waals surface area contributed by atoms with Gasteiger partial charge >= 0.3 is 10.2 Å². The molecule has 0 N–H and O–H groups in total. The fourth-order valence-electron chi connectivity index (χ4n) is 2.04. The third-order valence-electron chi connectivity index (χ3n) is 2.80. The van der Waals surface area contributed by atoms with E-state index in [2.05, 4.69) is 5.10 Å². The molecular formula is C13H15FN2O2S. The molecular weight excluding hydrogens is 267 g/mol. The van der Waals surface area contributed by atoms with Crippen LogP contribution in [-0.4, -0.2) is 18.2 Å². The molecule has 0 unspecified atom stereocenters. The SMILES string of the molecule is Cc1cc(C)cc(-n2cc(CS(=O)(=O)F)c(C)n2)c1. The molecule has 0 amide bonds. The third-order valence-corrected chi connectivity index (χ3v) is 3.46. The van der Waals surface area contributed by atoms with E-state index in [-0.39, 0.29) is 0 Å². The maximum Gasteiger partial charge on any atom is 0.306 e. The summed E-state index contributed by atoms with van der Waals surface area (Å²) < 4.78 is 35.7. The average Bonchev–Trinajstić information content (AvgIpc) is 2.56. The van der Waals surface area contributed by atoms with Crippen LogP contribution in [0.4, 0.5) is 3.89 Å². The maximum absolute atomic E-state index is 12.7. The van der Waals surface area contributed by atoms with Crippen LogP contribution >= 0.6 is 0 Å². The smallest absolute Gasteiger partial charge is 0.240 e. The highest BCUT2D eigenvalue weighted by atomic mass is 32.3. The number of nitrogens with zero attached hydrogens (tertiary/aromatic N) is 2. The van der Waals surface area contributed by atoms with Crippen LogP contribution in [0.2, 0.25) is 0 Å². The van der Waals surface area contributed by atoms with Gasteiger partial charge in [-0.1, -0.05) is 6.07 Å². The molecule has 0 atom stereocenters. The highest BCUT2D eigenvalue weighted by Gasteiger charge is 2.14. The van der Waals surface area contributed by atoms with Gasteiger partial charge in [-0.05, 0) is 44.0 Å². The minimum absolute atomic E-state index is 0.377. The molecule has 6 heteroatoms. The van der Waals surface area contributed by atoms with E-state index in [1.165, 1.54) is 0 Å². The molecule has 0 aliphatic heterocycles.